The van der Waals surface area contributed by atoms with E-state index in [1.807, 2.05) is 4.90 Å². The van der Waals surface area contributed by atoms with E-state index in [4.69, 9.17) is 5.11 Å². The highest BCUT2D eigenvalue weighted by atomic mass is 16.3. The first kappa shape index (κ1) is 12.9. The first-order chi connectivity index (χ1) is 7.61. The Kier molecular flexibility index (Phi) is 5.21. The van der Waals surface area contributed by atoms with Crippen molar-refractivity contribution in [3.05, 3.63) is 0 Å². The smallest absolute Gasteiger partial charge is 0.252 e. The molecule has 1 aliphatic rings. The number of carbonyl (C=O) groups excluding carboxylic acids is 2. The zero-order valence-electron chi connectivity index (χ0n) is 9.53. The van der Waals surface area contributed by atoms with Crippen molar-refractivity contribution in [1.82, 2.24) is 15.8 Å². The zero-order valence-corrected chi connectivity index (χ0v) is 9.53. The number of carbonyl (C=O) groups is 2. The van der Waals surface area contributed by atoms with Crippen molar-refractivity contribution in [1.29, 1.82) is 0 Å². The van der Waals surface area contributed by atoms with Crippen LogP contribution in [0.3, 0.4) is 0 Å². The number of aliphatic hydroxyl groups excluding tert-OH is 1. The molecule has 0 aliphatic carbocycles. The van der Waals surface area contributed by atoms with Crippen LogP contribution in [0.5, 0.6) is 0 Å². The molecule has 0 aromatic heterocycles. The molecule has 1 heterocycles. The summed E-state index contributed by atoms with van der Waals surface area (Å²) in [6.07, 6.45) is 1.82. The fourth-order valence-corrected chi connectivity index (χ4v) is 1.88. The van der Waals surface area contributed by atoms with E-state index in [1.54, 1.807) is 0 Å². The molecule has 2 amide bonds. The van der Waals surface area contributed by atoms with Crippen LogP contribution in [0.2, 0.25) is 0 Å². The topological polar surface area (TPSA) is 81.7 Å². The third-order valence-corrected chi connectivity index (χ3v) is 2.65. The SMILES string of the molecule is CC(=O)NNC(=O)CN1CCC(CCO)C1. The van der Waals surface area contributed by atoms with Crippen molar-refractivity contribution in [3.8, 4) is 0 Å². The first-order valence-corrected chi connectivity index (χ1v) is 5.50. The van der Waals surface area contributed by atoms with Crippen molar-refractivity contribution < 1.29 is 14.7 Å². The molecule has 1 unspecified atom stereocenters. The van der Waals surface area contributed by atoms with Crippen LogP contribution in [0.15, 0.2) is 0 Å². The highest BCUT2D eigenvalue weighted by Crippen LogP contribution is 2.18. The fraction of sp³-hybridized carbons (Fsp3) is 0.800. The number of nitrogens with zero attached hydrogens (tertiary/aromatic N) is 1. The summed E-state index contributed by atoms with van der Waals surface area (Å²) < 4.78 is 0. The minimum Gasteiger partial charge on any atom is -0.396 e. The minimum atomic E-state index is -0.284. The van der Waals surface area contributed by atoms with Gasteiger partial charge in [-0.1, -0.05) is 0 Å². The number of likely N-dealkylation sites (tertiary alicyclic amines) is 1. The monoisotopic (exact) mass is 229 g/mol. The second-order valence-corrected chi connectivity index (χ2v) is 4.13. The van der Waals surface area contributed by atoms with E-state index in [0.717, 1.165) is 25.9 Å². The molecule has 1 aliphatic heterocycles. The van der Waals surface area contributed by atoms with E-state index in [2.05, 4.69) is 10.9 Å². The Hall–Kier alpha value is -1.14. The molecule has 6 nitrogen and oxygen atoms in total. The summed E-state index contributed by atoms with van der Waals surface area (Å²) in [6.45, 7) is 3.55. The molecule has 1 fully saturated rings. The Morgan fingerprint density at radius 1 is 1.44 bits per heavy atom. The third kappa shape index (κ3) is 4.59. The zero-order chi connectivity index (χ0) is 12.0. The molecule has 0 radical (unpaired) electrons. The van der Waals surface area contributed by atoms with Gasteiger partial charge in [-0.05, 0) is 25.3 Å². The van der Waals surface area contributed by atoms with E-state index in [1.165, 1.54) is 6.92 Å². The van der Waals surface area contributed by atoms with E-state index in [0.29, 0.717) is 12.5 Å². The minimum absolute atomic E-state index is 0.205. The van der Waals surface area contributed by atoms with Gasteiger partial charge in [0, 0.05) is 20.1 Å². The number of hydrogen-bond acceptors (Lipinski definition) is 4. The van der Waals surface area contributed by atoms with Crippen molar-refractivity contribution in [2.45, 2.75) is 19.8 Å². The van der Waals surface area contributed by atoms with Crippen LogP contribution in [0, 0.1) is 5.92 Å². The lowest BCUT2D eigenvalue weighted by Gasteiger charge is -2.15. The summed E-state index contributed by atoms with van der Waals surface area (Å²) in [7, 11) is 0. The van der Waals surface area contributed by atoms with E-state index in [9.17, 15) is 9.59 Å². The molecule has 16 heavy (non-hydrogen) atoms. The predicted octanol–water partition coefficient (Wildman–Crippen LogP) is -1.14. The summed E-state index contributed by atoms with van der Waals surface area (Å²) >= 11 is 0. The highest BCUT2D eigenvalue weighted by molar-refractivity contribution is 5.81. The van der Waals surface area contributed by atoms with Crippen LogP contribution < -0.4 is 10.9 Å². The Bertz CT molecular complexity index is 258. The summed E-state index contributed by atoms with van der Waals surface area (Å²) in [4.78, 5) is 23.9. The summed E-state index contributed by atoms with van der Waals surface area (Å²) in [6, 6.07) is 0. The van der Waals surface area contributed by atoms with Crippen LogP contribution in [-0.4, -0.2) is 48.1 Å². The average molecular weight is 229 g/mol. The Balaban J connectivity index is 2.18. The number of rotatable bonds is 4. The number of amides is 2. The van der Waals surface area contributed by atoms with Crippen molar-refractivity contribution in [2.24, 2.45) is 5.92 Å². The normalized spacial score (nSPS) is 20.8. The van der Waals surface area contributed by atoms with E-state index in [-0.39, 0.29) is 18.4 Å². The standard InChI is InChI=1S/C10H19N3O3/c1-8(15)11-12-10(16)7-13-4-2-9(6-13)3-5-14/h9,14H,2-7H2,1H3,(H,11,15)(H,12,16). The summed E-state index contributed by atoms with van der Waals surface area (Å²) in [5, 5.41) is 8.79. The second-order valence-electron chi connectivity index (χ2n) is 4.13. The van der Waals surface area contributed by atoms with Crippen LogP contribution in [0.1, 0.15) is 19.8 Å². The Morgan fingerprint density at radius 3 is 2.81 bits per heavy atom. The third-order valence-electron chi connectivity index (χ3n) is 2.65. The molecule has 1 rings (SSSR count). The Labute approximate surface area is 95.0 Å². The molecule has 6 heteroatoms. The van der Waals surface area contributed by atoms with Crippen LogP contribution >= 0.6 is 0 Å². The molecule has 1 saturated heterocycles. The fourth-order valence-electron chi connectivity index (χ4n) is 1.88. The molecule has 0 aromatic rings. The molecule has 0 spiro atoms. The second kappa shape index (κ2) is 6.44. The lowest BCUT2D eigenvalue weighted by atomic mass is 10.1. The lowest BCUT2D eigenvalue weighted by Crippen LogP contribution is -2.45. The van der Waals surface area contributed by atoms with Crippen molar-refractivity contribution >= 4 is 11.8 Å². The van der Waals surface area contributed by atoms with Crippen molar-refractivity contribution in [2.75, 3.05) is 26.2 Å². The van der Waals surface area contributed by atoms with Gasteiger partial charge < -0.3 is 5.11 Å². The molecule has 0 saturated carbocycles. The highest BCUT2D eigenvalue weighted by Gasteiger charge is 2.23. The number of hydrogen-bond donors (Lipinski definition) is 3. The van der Waals surface area contributed by atoms with Crippen LogP contribution in [-0.2, 0) is 9.59 Å². The van der Waals surface area contributed by atoms with Crippen LogP contribution in [0.25, 0.3) is 0 Å². The molecule has 0 aromatic carbocycles. The van der Waals surface area contributed by atoms with Gasteiger partial charge in [0.1, 0.15) is 0 Å². The maximum Gasteiger partial charge on any atom is 0.252 e. The maximum absolute atomic E-state index is 11.4. The van der Waals surface area contributed by atoms with E-state index >= 15 is 0 Å². The van der Waals surface area contributed by atoms with Gasteiger partial charge >= 0.3 is 0 Å². The van der Waals surface area contributed by atoms with Gasteiger partial charge in [-0.15, -0.1) is 0 Å². The van der Waals surface area contributed by atoms with Crippen molar-refractivity contribution in [3.63, 3.8) is 0 Å². The van der Waals surface area contributed by atoms with Gasteiger partial charge in [-0.3, -0.25) is 25.3 Å². The number of hydrazine groups is 1. The average Bonchev–Trinajstić information content (AvgIpc) is 2.63. The lowest BCUT2D eigenvalue weighted by molar-refractivity contribution is -0.128. The molecule has 92 valence electrons. The van der Waals surface area contributed by atoms with Crippen LogP contribution in [0.4, 0.5) is 0 Å². The number of nitrogens with one attached hydrogen (secondary N) is 2. The molecule has 3 N–H and O–H groups in total. The first-order valence-electron chi connectivity index (χ1n) is 5.50. The predicted molar refractivity (Wildman–Crippen MR) is 58.2 cm³/mol. The molecular formula is C10H19N3O3. The Morgan fingerprint density at radius 2 is 2.19 bits per heavy atom. The summed E-state index contributed by atoms with van der Waals surface area (Å²) in [5.41, 5.74) is 4.58. The van der Waals surface area contributed by atoms with Gasteiger partial charge in [0.05, 0.1) is 6.54 Å². The summed E-state index contributed by atoms with van der Waals surface area (Å²) in [5.74, 6) is -0.00802. The number of aliphatic hydroxyl groups is 1. The molecule has 0 bridgehead atoms. The largest absolute Gasteiger partial charge is 0.396 e. The van der Waals surface area contributed by atoms with Gasteiger partial charge in [-0.25, -0.2) is 0 Å². The quantitative estimate of drug-likeness (QED) is 0.532. The van der Waals surface area contributed by atoms with Gasteiger partial charge in [0.25, 0.3) is 5.91 Å². The van der Waals surface area contributed by atoms with Gasteiger partial charge in [0.2, 0.25) is 5.91 Å². The molecule has 1 atom stereocenters. The van der Waals surface area contributed by atoms with Gasteiger partial charge in [-0.2, -0.15) is 0 Å². The maximum atomic E-state index is 11.4. The van der Waals surface area contributed by atoms with E-state index < -0.39 is 0 Å². The van der Waals surface area contributed by atoms with Gasteiger partial charge in [0.15, 0.2) is 0 Å². The molecular weight excluding hydrogens is 210 g/mol.